The molecule has 0 spiro atoms. The van der Waals surface area contributed by atoms with Crippen molar-refractivity contribution in [2.75, 3.05) is 12.3 Å². The fourth-order valence-corrected chi connectivity index (χ4v) is 4.54. The molecule has 8 heteroatoms. The number of hydrogen-bond donors (Lipinski definition) is 2. The van der Waals surface area contributed by atoms with Crippen molar-refractivity contribution in [3.8, 4) is 5.69 Å². The maximum atomic E-state index is 13.3. The van der Waals surface area contributed by atoms with E-state index in [0.29, 0.717) is 31.0 Å². The minimum Gasteiger partial charge on any atom is -0.462 e. The Hall–Kier alpha value is -3.78. The van der Waals surface area contributed by atoms with Crippen LogP contribution in [-0.2, 0) is 16.0 Å². The molecular weight excluding hydrogens is 509 g/mol. The molecule has 2 atom stereocenters. The number of ketones is 1. The van der Waals surface area contributed by atoms with Gasteiger partial charge in [0.1, 0.15) is 17.7 Å². The lowest BCUT2D eigenvalue weighted by molar-refractivity contribution is -0.151. The number of rotatable bonds is 14. The maximum Gasteiger partial charge on any atom is 0.323 e. The summed E-state index contributed by atoms with van der Waals surface area (Å²) in [6.07, 6.45) is 4.21. The van der Waals surface area contributed by atoms with Crippen molar-refractivity contribution < 1.29 is 18.7 Å². The van der Waals surface area contributed by atoms with Gasteiger partial charge in [-0.15, -0.1) is 0 Å². The van der Waals surface area contributed by atoms with Gasteiger partial charge in [-0.25, -0.2) is 4.39 Å². The normalized spacial score (nSPS) is 12.8. The number of hydrogen-bond acceptors (Lipinski definition) is 6. The number of benzene rings is 2. The van der Waals surface area contributed by atoms with Crippen LogP contribution in [0.25, 0.3) is 5.69 Å². The number of nitrogens with one attached hydrogen (secondary N) is 1. The lowest BCUT2D eigenvalue weighted by atomic mass is 10.0. The number of nitrogen functional groups attached to an aromatic ring is 1. The summed E-state index contributed by atoms with van der Waals surface area (Å²) in [6.45, 7) is 8.80. The first-order valence-corrected chi connectivity index (χ1v) is 14.0. The third-order valence-electron chi connectivity index (χ3n) is 6.75. The van der Waals surface area contributed by atoms with Crippen LogP contribution < -0.4 is 16.6 Å². The van der Waals surface area contributed by atoms with Gasteiger partial charge >= 0.3 is 5.97 Å². The van der Waals surface area contributed by atoms with E-state index in [1.165, 1.54) is 41.0 Å². The molecule has 0 bridgehead atoms. The molecule has 1 aromatic heterocycles. The molecule has 3 N–H and O–H groups in total. The van der Waals surface area contributed by atoms with E-state index in [1.54, 1.807) is 12.1 Å². The van der Waals surface area contributed by atoms with Gasteiger partial charge in [0.05, 0.1) is 17.4 Å². The molecule has 0 aliphatic heterocycles. The molecule has 0 saturated carbocycles. The average molecular weight is 550 g/mol. The molecule has 0 amide bonds. The van der Waals surface area contributed by atoms with Crippen LogP contribution in [0.1, 0.15) is 74.9 Å². The summed E-state index contributed by atoms with van der Waals surface area (Å²) >= 11 is 0. The highest BCUT2D eigenvalue weighted by molar-refractivity contribution is 6.11. The van der Waals surface area contributed by atoms with Crippen molar-refractivity contribution in [1.82, 2.24) is 9.88 Å². The van der Waals surface area contributed by atoms with Crippen molar-refractivity contribution in [2.45, 2.75) is 71.9 Å². The number of nitrogens with zero attached hydrogens (tertiary/aromatic N) is 1. The number of pyridine rings is 1. The Labute approximate surface area is 235 Å². The first-order chi connectivity index (χ1) is 19.1. The lowest BCUT2D eigenvalue weighted by Gasteiger charge is -2.22. The second-order valence-corrected chi connectivity index (χ2v) is 10.6. The Morgan fingerprint density at radius 1 is 1.00 bits per heavy atom. The molecule has 3 aromatic rings. The van der Waals surface area contributed by atoms with Crippen LogP contribution >= 0.6 is 0 Å². The highest BCUT2D eigenvalue weighted by atomic mass is 19.1. The molecule has 0 aliphatic rings. The van der Waals surface area contributed by atoms with Gasteiger partial charge in [-0.3, -0.25) is 19.0 Å². The third kappa shape index (κ3) is 8.36. The molecule has 1 heterocycles. The number of ether oxygens (including phenoxy) is 1. The zero-order valence-corrected chi connectivity index (χ0v) is 23.8. The topological polar surface area (TPSA) is 103 Å². The number of carbonyl (C=O) groups is 2. The van der Waals surface area contributed by atoms with Crippen LogP contribution in [0, 0.1) is 11.7 Å². The number of anilines is 1. The summed E-state index contributed by atoms with van der Waals surface area (Å²) in [5, 5.41) is 3.35. The second kappa shape index (κ2) is 14.6. The largest absolute Gasteiger partial charge is 0.462 e. The number of aromatic nitrogens is 1. The van der Waals surface area contributed by atoms with E-state index in [0.717, 1.165) is 24.8 Å². The van der Waals surface area contributed by atoms with Gasteiger partial charge in [-0.05, 0) is 86.7 Å². The summed E-state index contributed by atoms with van der Waals surface area (Å²) in [5.74, 6) is -0.706. The van der Waals surface area contributed by atoms with Gasteiger partial charge in [-0.2, -0.15) is 0 Å². The van der Waals surface area contributed by atoms with Crippen molar-refractivity contribution in [3.63, 3.8) is 0 Å². The highest BCUT2D eigenvalue weighted by Gasteiger charge is 2.22. The Morgan fingerprint density at radius 2 is 1.68 bits per heavy atom. The lowest BCUT2D eigenvalue weighted by Crippen LogP contribution is -2.41. The van der Waals surface area contributed by atoms with Crippen LogP contribution in [0.15, 0.2) is 65.5 Å². The quantitative estimate of drug-likeness (QED) is 0.205. The Kier molecular flexibility index (Phi) is 11.2. The number of carbonyl (C=O) groups excluding carboxylic acids is 2. The molecule has 3 rings (SSSR count). The Morgan fingerprint density at radius 3 is 2.30 bits per heavy atom. The van der Waals surface area contributed by atoms with E-state index >= 15 is 0 Å². The predicted octanol–water partition coefficient (Wildman–Crippen LogP) is 5.46. The van der Waals surface area contributed by atoms with E-state index in [4.69, 9.17) is 10.5 Å². The molecule has 0 aliphatic carbocycles. The fraction of sp³-hybridized carbons (Fsp3) is 0.406. The first kappa shape index (κ1) is 30.8. The number of esters is 1. The van der Waals surface area contributed by atoms with Gasteiger partial charge in [0.2, 0.25) is 0 Å². The standard InChI is InChI=1S/C32H40FN3O4/c1-5-6-7-22(4)40-32(39)28(20-21(2)3)35-19-18-23-8-14-26(15-9-23)36-29(37)17-16-27(31(36)34)30(38)24-10-12-25(33)13-11-24/h8-17,21-22,28,35H,5-7,18-20,34H2,1-4H3/t22?,28-/m0/s1. The highest BCUT2D eigenvalue weighted by Crippen LogP contribution is 2.20. The SMILES string of the molecule is CCCCC(C)OC(=O)[C@H](CC(C)C)NCCc1ccc(-n2c(N)c(C(=O)c3ccc(F)cc3)ccc2=O)cc1. The van der Waals surface area contributed by atoms with Gasteiger partial charge < -0.3 is 15.8 Å². The van der Waals surface area contributed by atoms with E-state index in [2.05, 4.69) is 26.1 Å². The van der Waals surface area contributed by atoms with Crippen LogP contribution in [0.5, 0.6) is 0 Å². The van der Waals surface area contributed by atoms with Gasteiger partial charge in [0.15, 0.2) is 5.78 Å². The average Bonchev–Trinajstić information content (AvgIpc) is 2.92. The monoisotopic (exact) mass is 549 g/mol. The maximum absolute atomic E-state index is 13.3. The smallest absolute Gasteiger partial charge is 0.323 e. The molecule has 2 aromatic carbocycles. The van der Waals surface area contributed by atoms with Gasteiger partial charge in [0.25, 0.3) is 5.56 Å². The summed E-state index contributed by atoms with van der Waals surface area (Å²) in [5.41, 5.74) is 7.87. The molecular formula is C32H40FN3O4. The van der Waals surface area contributed by atoms with Crippen LogP contribution in [0.2, 0.25) is 0 Å². The third-order valence-corrected chi connectivity index (χ3v) is 6.75. The van der Waals surface area contributed by atoms with Crippen molar-refractivity contribution >= 4 is 17.6 Å². The molecule has 1 unspecified atom stereocenters. The summed E-state index contributed by atoms with van der Waals surface area (Å²) in [4.78, 5) is 38.4. The van der Waals surface area contributed by atoms with Crippen molar-refractivity contribution in [2.24, 2.45) is 5.92 Å². The summed E-state index contributed by atoms with van der Waals surface area (Å²) in [6, 6.07) is 14.8. The molecule has 0 fully saturated rings. The zero-order valence-electron chi connectivity index (χ0n) is 23.8. The fourth-order valence-electron chi connectivity index (χ4n) is 4.54. The van der Waals surface area contributed by atoms with Gasteiger partial charge in [0, 0.05) is 11.6 Å². The first-order valence-electron chi connectivity index (χ1n) is 14.0. The van der Waals surface area contributed by atoms with E-state index in [9.17, 15) is 18.8 Å². The number of unbranched alkanes of at least 4 members (excludes halogenated alkanes) is 1. The summed E-state index contributed by atoms with van der Waals surface area (Å²) < 4.78 is 20.2. The molecule has 0 saturated heterocycles. The van der Waals surface area contributed by atoms with E-state index < -0.39 is 11.6 Å². The number of nitrogens with two attached hydrogens (primary N) is 1. The van der Waals surface area contributed by atoms with Crippen LogP contribution in [0.4, 0.5) is 10.2 Å². The molecule has 7 nitrogen and oxygen atoms in total. The van der Waals surface area contributed by atoms with Crippen LogP contribution in [-0.4, -0.2) is 35.0 Å². The van der Waals surface area contributed by atoms with Gasteiger partial charge in [-0.1, -0.05) is 45.7 Å². The van der Waals surface area contributed by atoms with Crippen LogP contribution in [0.3, 0.4) is 0 Å². The number of halogens is 1. The van der Waals surface area contributed by atoms with E-state index in [-0.39, 0.29) is 40.6 Å². The minimum atomic E-state index is -0.447. The summed E-state index contributed by atoms with van der Waals surface area (Å²) in [7, 11) is 0. The Balaban J connectivity index is 1.68. The minimum absolute atomic E-state index is 0.0134. The van der Waals surface area contributed by atoms with Crippen molar-refractivity contribution in [1.29, 1.82) is 0 Å². The molecule has 214 valence electrons. The van der Waals surface area contributed by atoms with E-state index in [1.807, 2.05) is 19.1 Å². The van der Waals surface area contributed by atoms with Crippen molar-refractivity contribution in [3.05, 3.63) is 93.5 Å². The zero-order chi connectivity index (χ0) is 29.2. The molecule has 40 heavy (non-hydrogen) atoms. The Bertz CT molecular complexity index is 1330. The second-order valence-electron chi connectivity index (χ2n) is 10.6. The molecule has 0 radical (unpaired) electrons. The predicted molar refractivity (Wildman–Crippen MR) is 156 cm³/mol.